The van der Waals surface area contributed by atoms with E-state index >= 15 is 0 Å². The zero-order chi connectivity index (χ0) is 33.7. The molecular formula is C47H31N3O. The van der Waals surface area contributed by atoms with Crippen LogP contribution in [-0.2, 0) is 0 Å². The van der Waals surface area contributed by atoms with E-state index in [0.29, 0.717) is 17.5 Å². The molecule has 10 rings (SSSR count). The first-order chi connectivity index (χ1) is 25.2. The summed E-state index contributed by atoms with van der Waals surface area (Å²) in [6, 6.07) is 55.2. The molecule has 4 heteroatoms. The van der Waals surface area contributed by atoms with E-state index in [9.17, 15) is 0 Å². The molecule has 0 amide bonds. The molecule has 0 saturated carbocycles. The van der Waals surface area contributed by atoms with Gasteiger partial charge in [-0.3, -0.25) is 0 Å². The number of aromatic nitrogens is 3. The van der Waals surface area contributed by atoms with Crippen LogP contribution in [0.5, 0.6) is 5.75 Å². The highest BCUT2D eigenvalue weighted by Gasteiger charge is 2.36. The highest BCUT2D eigenvalue weighted by molar-refractivity contribution is 5.91. The standard InChI is InChI=1S/C47H31N3O/c1-2-9-30(10-3-1)32-17-20-33(21-18-32)45-48-46(38-25-19-31-11-4-5-12-34(31)28-38)50-47(49-45)39-26-23-35-27-37(24-22-36(35)29-39)40-14-8-16-43-44(40)41-13-6-7-15-42(41)51-43/h1-29,43-44H. The second-order valence-electron chi connectivity index (χ2n) is 13.2. The van der Waals surface area contributed by atoms with E-state index in [-0.39, 0.29) is 12.0 Å². The Morgan fingerprint density at radius 3 is 1.67 bits per heavy atom. The first-order valence-corrected chi connectivity index (χ1v) is 17.3. The van der Waals surface area contributed by atoms with Crippen LogP contribution in [0.1, 0.15) is 17.0 Å². The van der Waals surface area contributed by atoms with Gasteiger partial charge in [0.2, 0.25) is 0 Å². The van der Waals surface area contributed by atoms with Crippen LogP contribution in [0.3, 0.4) is 0 Å². The largest absolute Gasteiger partial charge is 0.485 e. The van der Waals surface area contributed by atoms with Crippen molar-refractivity contribution in [1.82, 2.24) is 15.0 Å². The molecule has 0 saturated heterocycles. The van der Waals surface area contributed by atoms with Gasteiger partial charge >= 0.3 is 0 Å². The summed E-state index contributed by atoms with van der Waals surface area (Å²) in [7, 11) is 0. The maximum Gasteiger partial charge on any atom is 0.164 e. The Labute approximate surface area is 296 Å². The molecule has 4 nitrogen and oxygen atoms in total. The summed E-state index contributed by atoms with van der Waals surface area (Å²) < 4.78 is 6.30. The minimum absolute atomic E-state index is 0.0184. The lowest BCUT2D eigenvalue weighted by Gasteiger charge is -2.23. The average molecular weight is 654 g/mol. The van der Waals surface area contributed by atoms with Crippen LogP contribution in [0.15, 0.2) is 176 Å². The lowest BCUT2D eigenvalue weighted by molar-refractivity contribution is 0.271. The molecule has 0 radical (unpaired) electrons. The van der Waals surface area contributed by atoms with Crippen molar-refractivity contribution in [2.45, 2.75) is 12.0 Å². The van der Waals surface area contributed by atoms with E-state index in [1.54, 1.807) is 0 Å². The highest BCUT2D eigenvalue weighted by atomic mass is 16.5. The molecule has 2 unspecified atom stereocenters. The molecule has 8 aromatic rings. The molecule has 0 bridgehead atoms. The quantitative estimate of drug-likeness (QED) is 0.185. The third-order valence-electron chi connectivity index (χ3n) is 10.1. The van der Waals surface area contributed by atoms with Crippen molar-refractivity contribution in [2.75, 3.05) is 0 Å². The molecule has 240 valence electrons. The molecule has 0 spiro atoms. The number of fused-ring (bicyclic) bond motifs is 5. The molecule has 1 aliphatic carbocycles. The van der Waals surface area contributed by atoms with Crippen LogP contribution >= 0.6 is 0 Å². The number of ether oxygens (including phenoxy) is 1. The predicted molar refractivity (Wildman–Crippen MR) is 207 cm³/mol. The molecule has 1 aromatic heterocycles. The van der Waals surface area contributed by atoms with Gasteiger partial charge in [-0.1, -0.05) is 146 Å². The van der Waals surface area contributed by atoms with Gasteiger partial charge in [0, 0.05) is 22.3 Å². The van der Waals surface area contributed by atoms with Gasteiger partial charge in [-0.25, -0.2) is 15.0 Å². The van der Waals surface area contributed by atoms with E-state index in [4.69, 9.17) is 19.7 Å². The third-order valence-corrected chi connectivity index (χ3v) is 10.1. The van der Waals surface area contributed by atoms with Crippen molar-refractivity contribution in [3.63, 3.8) is 0 Å². The maximum atomic E-state index is 6.30. The van der Waals surface area contributed by atoms with Crippen LogP contribution < -0.4 is 4.74 Å². The van der Waals surface area contributed by atoms with Gasteiger partial charge in [-0.05, 0) is 74.1 Å². The molecule has 0 fully saturated rings. The van der Waals surface area contributed by atoms with Gasteiger partial charge in [0.05, 0.1) is 5.92 Å². The fourth-order valence-corrected chi connectivity index (χ4v) is 7.48. The van der Waals surface area contributed by atoms with E-state index in [1.165, 1.54) is 27.6 Å². The Hall–Kier alpha value is -6.65. The van der Waals surface area contributed by atoms with E-state index in [2.05, 4.69) is 164 Å². The molecule has 1 aliphatic heterocycles. The summed E-state index contributed by atoms with van der Waals surface area (Å²) in [5.74, 6) is 3.09. The van der Waals surface area contributed by atoms with Gasteiger partial charge in [0.15, 0.2) is 17.5 Å². The number of para-hydroxylation sites is 1. The summed E-state index contributed by atoms with van der Waals surface area (Å²) in [5, 5.41) is 4.62. The van der Waals surface area contributed by atoms with Crippen molar-refractivity contribution in [3.8, 4) is 51.0 Å². The van der Waals surface area contributed by atoms with Crippen LogP contribution in [0.4, 0.5) is 0 Å². The fourth-order valence-electron chi connectivity index (χ4n) is 7.48. The summed E-state index contributed by atoms with van der Waals surface area (Å²) in [6.45, 7) is 0. The topological polar surface area (TPSA) is 47.9 Å². The zero-order valence-corrected chi connectivity index (χ0v) is 27.6. The fraction of sp³-hybridized carbons (Fsp3) is 0.0426. The summed E-state index contributed by atoms with van der Waals surface area (Å²) in [4.78, 5) is 15.2. The van der Waals surface area contributed by atoms with Gasteiger partial charge < -0.3 is 4.74 Å². The van der Waals surface area contributed by atoms with Crippen LogP contribution in [0.2, 0.25) is 0 Å². The third kappa shape index (κ3) is 5.29. The molecule has 7 aromatic carbocycles. The number of allylic oxidation sites excluding steroid dienone is 2. The lowest BCUT2D eigenvalue weighted by atomic mass is 9.81. The van der Waals surface area contributed by atoms with Crippen LogP contribution in [-0.4, -0.2) is 21.1 Å². The van der Waals surface area contributed by atoms with E-state index in [1.807, 2.05) is 12.1 Å². The Morgan fingerprint density at radius 1 is 0.412 bits per heavy atom. The van der Waals surface area contributed by atoms with E-state index in [0.717, 1.165) is 44.2 Å². The number of rotatable bonds is 5. The SMILES string of the molecule is C1=CC2Oc3ccccc3C2C(c2ccc3cc(-c4nc(-c5ccc(-c6ccccc6)cc5)nc(-c5ccc6ccccc6c5)n4)ccc3c2)=C1. The average Bonchev–Trinajstić information content (AvgIpc) is 3.60. The normalized spacial score (nSPS) is 16.0. The summed E-state index contributed by atoms with van der Waals surface area (Å²) in [6.07, 6.45) is 6.53. The molecule has 2 aliphatic rings. The number of benzene rings is 7. The Bertz CT molecular complexity index is 2680. The first-order valence-electron chi connectivity index (χ1n) is 17.3. The molecule has 51 heavy (non-hydrogen) atoms. The molecule has 2 atom stereocenters. The van der Waals surface area contributed by atoms with E-state index < -0.39 is 0 Å². The molecular weight excluding hydrogens is 623 g/mol. The lowest BCUT2D eigenvalue weighted by Crippen LogP contribution is -2.19. The minimum Gasteiger partial charge on any atom is -0.485 e. The smallest absolute Gasteiger partial charge is 0.164 e. The summed E-state index contributed by atoms with van der Waals surface area (Å²) in [5.41, 5.74) is 8.89. The van der Waals surface area contributed by atoms with Crippen molar-refractivity contribution in [2.24, 2.45) is 0 Å². The maximum absolute atomic E-state index is 6.30. The van der Waals surface area contributed by atoms with Crippen LogP contribution in [0.25, 0.3) is 72.4 Å². The predicted octanol–water partition coefficient (Wildman–Crippen LogP) is 11.3. The van der Waals surface area contributed by atoms with Crippen LogP contribution in [0, 0.1) is 0 Å². The number of nitrogens with zero attached hydrogens (tertiary/aromatic N) is 3. The second kappa shape index (κ2) is 12.0. The van der Waals surface area contributed by atoms with Gasteiger partial charge in [0.1, 0.15) is 11.9 Å². The highest BCUT2D eigenvalue weighted by Crippen LogP contribution is 2.48. The Balaban J connectivity index is 1.05. The number of hydrogen-bond donors (Lipinski definition) is 0. The second-order valence-corrected chi connectivity index (χ2v) is 13.2. The van der Waals surface area contributed by atoms with Crippen molar-refractivity contribution in [1.29, 1.82) is 0 Å². The first kappa shape index (κ1) is 29.3. The van der Waals surface area contributed by atoms with Crippen molar-refractivity contribution in [3.05, 3.63) is 187 Å². The minimum atomic E-state index is 0.0184. The molecule has 0 N–H and O–H groups in total. The Kier molecular flexibility index (Phi) is 6.91. The van der Waals surface area contributed by atoms with Crippen molar-refractivity contribution >= 4 is 27.1 Å². The summed E-state index contributed by atoms with van der Waals surface area (Å²) >= 11 is 0. The van der Waals surface area contributed by atoms with Gasteiger partial charge in [-0.2, -0.15) is 0 Å². The van der Waals surface area contributed by atoms with Crippen molar-refractivity contribution < 1.29 is 4.74 Å². The van der Waals surface area contributed by atoms with Gasteiger partial charge in [0.25, 0.3) is 0 Å². The molecule has 2 heterocycles. The zero-order valence-electron chi connectivity index (χ0n) is 27.6. The van der Waals surface area contributed by atoms with Gasteiger partial charge in [-0.15, -0.1) is 0 Å². The number of hydrogen-bond acceptors (Lipinski definition) is 4. The Morgan fingerprint density at radius 2 is 0.922 bits per heavy atom. The monoisotopic (exact) mass is 653 g/mol.